The summed E-state index contributed by atoms with van der Waals surface area (Å²) in [6.07, 6.45) is 13.8. The lowest BCUT2D eigenvalue weighted by molar-refractivity contribution is -0.114. The molecule has 1 atom stereocenters. The lowest BCUT2D eigenvalue weighted by Gasteiger charge is -2.29. The fourth-order valence-corrected chi connectivity index (χ4v) is 2.91. The molecule has 2 heteroatoms. The second-order valence-electron chi connectivity index (χ2n) is 4.98. The minimum Gasteiger partial charge on any atom is -0.295 e. The van der Waals surface area contributed by atoms with E-state index in [4.69, 9.17) is 0 Å². The van der Waals surface area contributed by atoms with Crippen LogP contribution in [0, 0.1) is 5.92 Å². The highest BCUT2D eigenvalue weighted by atomic mass is 16.1. The average Bonchev–Trinajstić information content (AvgIpc) is 2.34. The van der Waals surface area contributed by atoms with Gasteiger partial charge in [-0.3, -0.25) is 9.59 Å². The van der Waals surface area contributed by atoms with Crippen LogP contribution in [0.2, 0.25) is 0 Å². The number of unbranched alkanes of at least 4 members (excludes halogenated alkanes) is 2. The summed E-state index contributed by atoms with van der Waals surface area (Å²) < 4.78 is 0. The Labute approximate surface area is 103 Å². The first-order chi connectivity index (χ1) is 8.31. The molecule has 2 nitrogen and oxygen atoms in total. The van der Waals surface area contributed by atoms with Gasteiger partial charge in [0.1, 0.15) is 0 Å². The Morgan fingerprint density at radius 3 is 3.06 bits per heavy atom. The van der Waals surface area contributed by atoms with Gasteiger partial charge in [0.2, 0.25) is 0 Å². The largest absolute Gasteiger partial charge is 0.295 e. The Morgan fingerprint density at radius 2 is 2.24 bits per heavy atom. The van der Waals surface area contributed by atoms with Crippen molar-refractivity contribution in [3.05, 3.63) is 23.3 Å². The molecule has 17 heavy (non-hydrogen) atoms. The van der Waals surface area contributed by atoms with Crippen LogP contribution in [0.25, 0.3) is 0 Å². The Kier molecular flexibility index (Phi) is 4.29. The first-order valence-electron chi connectivity index (χ1n) is 6.60. The quantitative estimate of drug-likeness (QED) is 0.680. The fraction of sp³-hybridized carbons (Fsp3) is 0.600. The summed E-state index contributed by atoms with van der Waals surface area (Å²) in [6, 6.07) is 0. The van der Waals surface area contributed by atoms with E-state index in [-0.39, 0.29) is 5.78 Å². The summed E-state index contributed by atoms with van der Waals surface area (Å²) in [4.78, 5) is 21.5. The van der Waals surface area contributed by atoms with Crippen LogP contribution < -0.4 is 0 Å². The number of fused-ring (bicyclic) bond motifs is 1. The van der Waals surface area contributed by atoms with Crippen LogP contribution >= 0.6 is 0 Å². The highest BCUT2D eigenvalue weighted by molar-refractivity contribution is 5.93. The van der Waals surface area contributed by atoms with Gasteiger partial charge >= 0.3 is 0 Å². The molecule has 1 unspecified atom stereocenters. The third-order valence-corrected chi connectivity index (χ3v) is 3.75. The molecule has 0 aliphatic heterocycles. The van der Waals surface area contributed by atoms with Crippen LogP contribution in [-0.4, -0.2) is 12.1 Å². The second kappa shape index (κ2) is 5.95. The van der Waals surface area contributed by atoms with Gasteiger partial charge in [0, 0.05) is 12.8 Å². The van der Waals surface area contributed by atoms with Crippen LogP contribution in [0.15, 0.2) is 23.3 Å². The lowest BCUT2D eigenvalue weighted by atomic mass is 9.75. The van der Waals surface area contributed by atoms with E-state index < -0.39 is 0 Å². The molecule has 1 radical (unpaired) electrons. The van der Waals surface area contributed by atoms with E-state index in [1.54, 1.807) is 0 Å². The van der Waals surface area contributed by atoms with Crippen molar-refractivity contribution in [2.75, 3.05) is 0 Å². The third kappa shape index (κ3) is 3.15. The molecule has 0 bridgehead atoms. The predicted molar refractivity (Wildman–Crippen MR) is 67.3 cm³/mol. The highest BCUT2D eigenvalue weighted by Crippen LogP contribution is 2.38. The number of carbonyl (C=O) groups is 1. The minimum absolute atomic E-state index is 0.250. The van der Waals surface area contributed by atoms with Gasteiger partial charge < -0.3 is 0 Å². The van der Waals surface area contributed by atoms with Gasteiger partial charge in [-0.2, -0.15) is 0 Å². The Hall–Kier alpha value is -1.18. The third-order valence-electron chi connectivity index (χ3n) is 3.75. The molecule has 91 valence electrons. The molecule has 2 rings (SSSR count). The van der Waals surface area contributed by atoms with Crippen molar-refractivity contribution < 1.29 is 9.59 Å². The zero-order chi connectivity index (χ0) is 12.1. The van der Waals surface area contributed by atoms with Crippen molar-refractivity contribution in [1.82, 2.24) is 0 Å². The van der Waals surface area contributed by atoms with Crippen LogP contribution in [0.4, 0.5) is 0 Å². The average molecular weight is 231 g/mol. The Balaban J connectivity index is 1.92. The van der Waals surface area contributed by atoms with Gasteiger partial charge in [-0.15, -0.1) is 0 Å². The van der Waals surface area contributed by atoms with Crippen LogP contribution in [0.5, 0.6) is 0 Å². The number of hydrogen-bond acceptors (Lipinski definition) is 2. The number of allylic oxidation sites excluding steroid dienone is 4. The zero-order valence-corrected chi connectivity index (χ0v) is 10.2. The molecular formula is C15H19O2. The number of hydrogen-bond donors (Lipinski definition) is 0. The molecule has 1 fully saturated rings. The molecule has 0 aromatic rings. The summed E-state index contributed by atoms with van der Waals surface area (Å²) in [5.41, 5.74) is 2.70. The topological polar surface area (TPSA) is 34.1 Å². The van der Waals surface area contributed by atoms with Crippen LogP contribution in [0.3, 0.4) is 0 Å². The molecule has 0 saturated heterocycles. The molecule has 2 aliphatic rings. The Bertz CT molecular complexity index is 363. The van der Waals surface area contributed by atoms with Gasteiger partial charge in [-0.1, -0.05) is 12.5 Å². The molecule has 0 aromatic carbocycles. The SMILES string of the molecule is O=[C]CCCCC1CCCC2=CC(=O)CC=C21. The predicted octanol–water partition coefficient (Wildman–Crippen LogP) is 3.28. The van der Waals surface area contributed by atoms with Crippen molar-refractivity contribution in [1.29, 1.82) is 0 Å². The number of rotatable bonds is 5. The van der Waals surface area contributed by atoms with Crippen LogP contribution in [-0.2, 0) is 9.59 Å². The van der Waals surface area contributed by atoms with E-state index in [1.165, 1.54) is 24.0 Å². The maximum atomic E-state index is 11.4. The number of ketones is 1. The second-order valence-corrected chi connectivity index (χ2v) is 4.98. The van der Waals surface area contributed by atoms with Gasteiger partial charge in [0.05, 0.1) is 0 Å². The number of carbonyl (C=O) groups excluding carboxylic acids is 2. The molecule has 0 N–H and O–H groups in total. The van der Waals surface area contributed by atoms with Crippen molar-refractivity contribution in [3.8, 4) is 0 Å². The molecular weight excluding hydrogens is 212 g/mol. The monoisotopic (exact) mass is 231 g/mol. The summed E-state index contributed by atoms with van der Waals surface area (Å²) in [6.45, 7) is 0. The van der Waals surface area contributed by atoms with Crippen molar-refractivity contribution in [2.24, 2.45) is 5.92 Å². The molecule has 2 aliphatic carbocycles. The smallest absolute Gasteiger partial charge is 0.198 e. The highest BCUT2D eigenvalue weighted by Gasteiger charge is 2.24. The summed E-state index contributed by atoms with van der Waals surface area (Å²) in [7, 11) is 0. The van der Waals surface area contributed by atoms with Gasteiger partial charge in [-0.25, -0.2) is 0 Å². The molecule has 0 aromatic heterocycles. The van der Waals surface area contributed by atoms with E-state index in [2.05, 4.69) is 6.08 Å². The first-order valence-corrected chi connectivity index (χ1v) is 6.60. The maximum absolute atomic E-state index is 11.4. The lowest BCUT2D eigenvalue weighted by Crippen LogP contribution is -2.16. The van der Waals surface area contributed by atoms with E-state index in [9.17, 15) is 9.59 Å². The molecule has 0 spiro atoms. The van der Waals surface area contributed by atoms with Crippen molar-refractivity contribution >= 4 is 12.1 Å². The van der Waals surface area contributed by atoms with E-state index in [1.807, 2.05) is 12.4 Å². The van der Waals surface area contributed by atoms with E-state index >= 15 is 0 Å². The minimum atomic E-state index is 0.250. The van der Waals surface area contributed by atoms with E-state index in [0.717, 1.165) is 25.7 Å². The van der Waals surface area contributed by atoms with Gasteiger partial charge in [-0.05, 0) is 55.2 Å². The van der Waals surface area contributed by atoms with Crippen LogP contribution in [0.1, 0.15) is 51.4 Å². The first kappa shape index (κ1) is 12.3. The summed E-state index contributed by atoms with van der Waals surface area (Å²) >= 11 is 0. The van der Waals surface area contributed by atoms with E-state index in [0.29, 0.717) is 18.8 Å². The maximum Gasteiger partial charge on any atom is 0.198 e. The Morgan fingerprint density at radius 1 is 1.35 bits per heavy atom. The normalized spacial score (nSPS) is 23.8. The standard InChI is InChI=1S/C15H19O2/c16-10-3-1-2-5-12-6-4-7-13-11-14(17)8-9-15(12)13/h9,11-12H,1-8H2. The molecule has 0 heterocycles. The van der Waals surface area contributed by atoms with Gasteiger partial charge in [0.25, 0.3) is 0 Å². The molecule has 1 saturated carbocycles. The summed E-state index contributed by atoms with van der Waals surface area (Å²) in [5, 5.41) is 0. The summed E-state index contributed by atoms with van der Waals surface area (Å²) in [5.74, 6) is 0.870. The zero-order valence-electron chi connectivity index (χ0n) is 10.2. The van der Waals surface area contributed by atoms with Crippen molar-refractivity contribution in [2.45, 2.75) is 51.4 Å². The van der Waals surface area contributed by atoms with Gasteiger partial charge in [0.15, 0.2) is 12.1 Å². The van der Waals surface area contributed by atoms with Crippen molar-refractivity contribution in [3.63, 3.8) is 0 Å². The fourth-order valence-electron chi connectivity index (χ4n) is 2.91. The molecule has 0 amide bonds.